The number of aromatic nitrogens is 4. The number of ether oxygens (including phenoxy) is 2. The molecule has 1 fully saturated rings. The molecule has 1 aliphatic heterocycles. The van der Waals surface area contributed by atoms with Crippen LogP contribution in [0.4, 0.5) is 9.59 Å². The number of thiol groups is 1. The van der Waals surface area contributed by atoms with E-state index in [1.54, 1.807) is 11.8 Å². The van der Waals surface area contributed by atoms with Gasteiger partial charge in [-0.1, -0.05) is 65.0 Å². The molecular weight excluding hydrogens is 723 g/mol. The van der Waals surface area contributed by atoms with Crippen molar-refractivity contribution in [2.45, 2.75) is 90.3 Å². The molecule has 5 N–H and O–H groups in total. The summed E-state index contributed by atoms with van der Waals surface area (Å²) in [7, 11) is 1.21. The van der Waals surface area contributed by atoms with Gasteiger partial charge in [-0.3, -0.25) is 9.59 Å². The Kier molecular flexibility index (Phi) is 12.8. The Morgan fingerprint density at radius 2 is 1.73 bits per heavy atom. The second-order valence-electron chi connectivity index (χ2n) is 15.3. The Morgan fingerprint density at radius 1 is 1.04 bits per heavy atom. The molecule has 3 heterocycles. The third kappa shape index (κ3) is 9.09. The molecule has 15 heteroatoms. The van der Waals surface area contributed by atoms with Crippen molar-refractivity contribution in [2.24, 2.45) is 11.8 Å². The van der Waals surface area contributed by atoms with Crippen LogP contribution < -0.4 is 10.6 Å². The van der Waals surface area contributed by atoms with Crippen LogP contribution >= 0.6 is 12.6 Å². The number of hydrogen-bond donors (Lipinski definition) is 6. The highest BCUT2D eigenvalue weighted by molar-refractivity contribution is 7.80. The Morgan fingerprint density at radius 3 is 2.36 bits per heavy atom. The van der Waals surface area contributed by atoms with Gasteiger partial charge in [0.15, 0.2) is 5.60 Å². The molecule has 5 rings (SSSR count). The number of hydrogen-bond acceptors (Lipinski definition) is 9. The molecule has 0 spiro atoms. The number of benzene rings is 2. The van der Waals surface area contributed by atoms with Gasteiger partial charge in [-0.15, -0.1) is 0 Å². The molecule has 2 aromatic heterocycles. The number of nitrogens with zero attached hydrogens (tertiary/aromatic N) is 3. The van der Waals surface area contributed by atoms with Gasteiger partial charge in [0, 0.05) is 41.9 Å². The number of carbonyl (C=O) groups excluding carboxylic acids is 3. The van der Waals surface area contributed by atoms with E-state index in [1.807, 2.05) is 64.2 Å². The number of H-pyrrole nitrogens is 2. The Labute approximate surface area is 327 Å². The van der Waals surface area contributed by atoms with Gasteiger partial charge < -0.3 is 40.1 Å². The van der Waals surface area contributed by atoms with Crippen LogP contribution in [0.1, 0.15) is 84.9 Å². The minimum atomic E-state index is -1.36. The van der Waals surface area contributed by atoms with Gasteiger partial charge in [-0.25, -0.2) is 19.6 Å². The van der Waals surface area contributed by atoms with Crippen LogP contribution in [-0.4, -0.2) is 91.6 Å². The van der Waals surface area contributed by atoms with E-state index >= 15 is 0 Å². The summed E-state index contributed by atoms with van der Waals surface area (Å²) in [4.78, 5) is 67.8. The summed E-state index contributed by atoms with van der Waals surface area (Å²) in [5, 5.41) is 14.6. The van der Waals surface area contributed by atoms with Crippen LogP contribution in [0.15, 0.2) is 48.7 Å². The molecule has 296 valence electrons. The summed E-state index contributed by atoms with van der Waals surface area (Å²) in [5.74, 6) is 0.959. The fraction of sp³-hybridized carbons (Fsp3) is 0.500. The zero-order chi connectivity index (χ0) is 40.1. The second-order valence-corrected chi connectivity index (χ2v) is 15.6. The summed E-state index contributed by atoms with van der Waals surface area (Å²) in [6, 6.07) is 13.2. The predicted octanol–water partition coefficient (Wildman–Crippen LogP) is 6.86. The molecular formula is C40H53N7O7S. The summed E-state index contributed by atoms with van der Waals surface area (Å²) in [6.45, 7) is 11.9. The zero-order valence-electron chi connectivity index (χ0n) is 32.6. The SMILES string of the molecule is COC(=O)O[C@@](C)(C(=O)NCCC[C@@](C)(CS)c1nc2cc(-c3ccc(-c4c[nH]c([C@@H]5CCCN5C(=O)[C@@H](NC(=O)O)C(C)C)n4)cc3)ccc2[nH]1)C(C)C. The lowest BCUT2D eigenvalue weighted by atomic mass is 9.86. The number of aromatic amines is 2. The fourth-order valence-electron chi connectivity index (χ4n) is 6.87. The van der Waals surface area contributed by atoms with Gasteiger partial charge in [0.05, 0.1) is 29.9 Å². The van der Waals surface area contributed by atoms with Crippen LogP contribution in [-0.2, 0) is 24.5 Å². The van der Waals surface area contributed by atoms with Crippen LogP contribution in [0, 0.1) is 11.8 Å². The highest BCUT2D eigenvalue weighted by atomic mass is 32.1. The molecule has 55 heavy (non-hydrogen) atoms. The first-order chi connectivity index (χ1) is 26.1. The van der Waals surface area contributed by atoms with Crippen molar-refractivity contribution < 1.29 is 33.8 Å². The van der Waals surface area contributed by atoms with E-state index in [-0.39, 0.29) is 29.7 Å². The van der Waals surface area contributed by atoms with E-state index in [0.717, 1.165) is 52.1 Å². The average molecular weight is 776 g/mol. The van der Waals surface area contributed by atoms with Crippen LogP contribution in [0.5, 0.6) is 0 Å². The van der Waals surface area contributed by atoms with Crippen LogP contribution in [0.3, 0.4) is 0 Å². The molecule has 0 saturated carbocycles. The van der Waals surface area contributed by atoms with Crippen molar-refractivity contribution in [2.75, 3.05) is 26.0 Å². The molecule has 4 aromatic rings. The minimum Gasteiger partial charge on any atom is -0.465 e. The Bertz CT molecular complexity index is 1990. The van der Waals surface area contributed by atoms with Crippen molar-refractivity contribution in [3.63, 3.8) is 0 Å². The molecule has 0 unspecified atom stereocenters. The molecule has 0 aliphatic carbocycles. The standard InChI is InChI=1S/C40H53N7O7S/c1-23(2)32(46-37(50)51)34(48)47-19-8-10-31(47)33-42-21-30(43-33)26-13-11-25(12-14-26)27-15-16-28-29(20-27)45-35(44-28)39(5,22-55)17-9-18-41-36(49)40(6,24(3)4)54-38(52)53-7/h11-16,20-21,23-24,31-32,46,55H,8-10,17-19,22H2,1-7H3,(H,41,49)(H,42,43)(H,44,45)(H,50,51)/t31-,32-,39-,40+/m0/s1. The number of amides is 3. The largest absolute Gasteiger partial charge is 0.509 e. The highest BCUT2D eigenvalue weighted by Gasteiger charge is 2.41. The highest BCUT2D eigenvalue weighted by Crippen LogP contribution is 2.35. The lowest BCUT2D eigenvalue weighted by Crippen LogP contribution is -2.51. The molecule has 14 nitrogen and oxygen atoms in total. The molecule has 2 aromatic carbocycles. The molecule has 3 amide bonds. The molecule has 0 bridgehead atoms. The number of nitrogens with one attached hydrogen (secondary N) is 4. The topological polar surface area (TPSA) is 192 Å². The van der Waals surface area contributed by atoms with Crippen molar-refractivity contribution in [3.8, 4) is 22.4 Å². The van der Waals surface area contributed by atoms with Crippen molar-refractivity contribution in [3.05, 3.63) is 60.3 Å². The van der Waals surface area contributed by atoms with Crippen molar-refractivity contribution in [1.82, 2.24) is 35.5 Å². The molecule has 1 saturated heterocycles. The van der Waals surface area contributed by atoms with Gasteiger partial charge in [0.25, 0.3) is 5.91 Å². The quantitative estimate of drug-likeness (QED) is 0.0426. The van der Waals surface area contributed by atoms with E-state index in [0.29, 0.717) is 37.5 Å². The number of carbonyl (C=O) groups is 4. The number of fused-ring (bicyclic) bond motifs is 1. The van der Waals surface area contributed by atoms with Gasteiger partial charge in [-0.2, -0.15) is 12.6 Å². The summed E-state index contributed by atoms with van der Waals surface area (Å²) >= 11 is 4.68. The monoisotopic (exact) mass is 775 g/mol. The number of imidazole rings is 2. The molecule has 1 aliphatic rings. The Hall–Kier alpha value is -5.05. The maximum atomic E-state index is 13.4. The van der Waals surface area contributed by atoms with Gasteiger partial charge >= 0.3 is 12.2 Å². The van der Waals surface area contributed by atoms with Gasteiger partial charge in [0.1, 0.15) is 17.7 Å². The summed E-state index contributed by atoms with van der Waals surface area (Å²) in [6.07, 6.45) is 2.63. The molecule has 4 atom stereocenters. The lowest BCUT2D eigenvalue weighted by molar-refractivity contribution is -0.145. The smallest absolute Gasteiger partial charge is 0.465 e. The number of rotatable bonds is 15. The van der Waals surface area contributed by atoms with E-state index in [1.165, 1.54) is 7.11 Å². The zero-order valence-corrected chi connectivity index (χ0v) is 33.5. The fourth-order valence-corrected chi connectivity index (χ4v) is 7.18. The van der Waals surface area contributed by atoms with Gasteiger partial charge in [-0.05, 0) is 61.8 Å². The maximum absolute atomic E-state index is 13.4. The van der Waals surface area contributed by atoms with E-state index in [4.69, 9.17) is 14.7 Å². The first kappa shape index (κ1) is 41.1. The lowest BCUT2D eigenvalue weighted by Gasteiger charge is -2.31. The minimum absolute atomic E-state index is 0.192. The predicted molar refractivity (Wildman–Crippen MR) is 213 cm³/mol. The van der Waals surface area contributed by atoms with E-state index in [2.05, 4.69) is 57.0 Å². The first-order valence-electron chi connectivity index (χ1n) is 18.7. The Balaban J connectivity index is 1.24. The average Bonchev–Trinajstić information content (AvgIpc) is 3.95. The van der Waals surface area contributed by atoms with Crippen LogP contribution in [0.2, 0.25) is 0 Å². The maximum Gasteiger partial charge on any atom is 0.509 e. The third-order valence-electron chi connectivity index (χ3n) is 10.8. The number of methoxy groups -OCH3 is 1. The third-order valence-corrected chi connectivity index (χ3v) is 11.5. The van der Waals surface area contributed by atoms with Gasteiger partial charge in [0.2, 0.25) is 5.91 Å². The van der Waals surface area contributed by atoms with Crippen molar-refractivity contribution >= 4 is 47.7 Å². The summed E-state index contributed by atoms with van der Waals surface area (Å²) < 4.78 is 9.93. The van der Waals surface area contributed by atoms with Crippen molar-refractivity contribution in [1.29, 1.82) is 0 Å². The normalized spacial score (nSPS) is 17.1. The molecule has 0 radical (unpaired) electrons. The number of carboxylic acid groups (broad SMARTS) is 1. The second kappa shape index (κ2) is 17.2. The number of likely N-dealkylation sites (tertiary alicyclic amines) is 1. The van der Waals surface area contributed by atoms with Crippen LogP contribution in [0.25, 0.3) is 33.4 Å². The first-order valence-corrected chi connectivity index (χ1v) is 19.4. The van der Waals surface area contributed by atoms with E-state index in [9.17, 15) is 24.3 Å². The van der Waals surface area contributed by atoms with E-state index < -0.39 is 29.3 Å². The summed E-state index contributed by atoms with van der Waals surface area (Å²) in [5.41, 5.74) is 3.68.